The predicted molar refractivity (Wildman–Crippen MR) is 113 cm³/mol. The number of rotatable bonds is 7. The molecule has 0 aromatic heterocycles. The van der Waals surface area contributed by atoms with Crippen LogP contribution in [-0.4, -0.2) is 37.4 Å². The van der Waals surface area contributed by atoms with Crippen LogP contribution in [-0.2, 0) is 11.4 Å². The third kappa shape index (κ3) is 5.23. The molecule has 3 rings (SSSR count). The van der Waals surface area contributed by atoms with Crippen molar-refractivity contribution >= 4 is 11.9 Å². The lowest BCUT2D eigenvalue weighted by molar-refractivity contribution is -0.117. The molecule has 0 N–H and O–H groups in total. The molecule has 1 aliphatic heterocycles. The Bertz CT molecular complexity index is 839. The molecule has 4 heteroatoms. The van der Waals surface area contributed by atoms with Crippen molar-refractivity contribution in [2.75, 3.05) is 26.7 Å². The lowest BCUT2D eigenvalue weighted by Crippen LogP contribution is -2.36. The number of carbonyl (C=O) groups excluding carboxylic acids is 1. The molecular formula is C24H29NO3. The summed E-state index contributed by atoms with van der Waals surface area (Å²) in [5, 5.41) is 0. The molecule has 0 amide bonds. The summed E-state index contributed by atoms with van der Waals surface area (Å²) in [5.41, 5.74) is 4.16. The molecule has 0 radical (unpaired) electrons. The molecule has 1 fully saturated rings. The number of ether oxygens (including phenoxy) is 2. The van der Waals surface area contributed by atoms with Gasteiger partial charge in [-0.25, -0.2) is 0 Å². The Labute approximate surface area is 167 Å². The minimum absolute atomic E-state index is 0.241. The zero-order valence-corrected chi connectivity index (χ0v) is 17.0. The smallest absolute Gasteiger partial charge is 0.162 e. The van der Waals surface area contributed by atoms with E-state index < -0.39 is 0 Å². The molecule has 4 nitrogen and oxygen atoms in total. The van der Waals surface area contributed by atoms with E-state index >= 15 is 0 Å². The predicted octanol–water partition coefficient (Wildman–Crippen LogP) is 4.65. The first-order valence-corrected chi connectivity index (χ1v) is 9.91. The van der Waals surface area contributed by atoms with E-state index in [9.17, 15) is 4.79 Å². The van der Waals surface area contributed by atoms with Crippen molar-refractivity contribution in [3.63, 3.8) is 0 Å². The Balaban J connectivity index is 1.77. The van der Waals surface area contributed by atoms with E-state index in [4.69, 9.17) is 9.47 Å². The van der Waals surface area contributed by atoms with Gasteiger partial charge in [0, 0.05) is 25.1 Å². The normalized spacial score (nSPS) is 16.4. The Kier molecular flexibility index (Phi) is 6.88. The summed E-state index contributed by atoms with van der Waals surface area (Å²) < 4.78 is 11.5. The summed E-state index contributed by atoms with van der Waals surface area (Å²) in [5.74, 6) is 1.62. The Morgan fingerprint density at radius 3 is 2.61 bits per heavy atom. The summed E-state index contributed by atoms with van der Waals surface area (Å²) >= 11 is 0. The van der Waals surface area contributed by atoms with Crippen molar-refractivity contribution in [3.8, 4) is 11.5 Å². The van der Waals surface area contributed by atoms with E-state index in [1.54, 1.807) is 7.11 Å². The number of hydrogen-bond donors (Lipinski definition) is 0. The number of benzene rings is 2. The molecule has 0 unspecified atom stereocenters. The molecule has 0 atom stereocenters. The van der Waals surface area contributed by atoms with Crippen LogP contribution in [0.3, 0.4) is 0 Å². The van der Waals surface area contributed by atoms with Crippen LogP contribution in [0.5, 0.6) is 11.5 Å². The van der Waals surface area contributed by atoms with Crippen molar-refractivity contribution in [3.05, 3.63) is 64.7 Å². The van der Waals surface area contributed by atoms with Gasteiger partial charge in [0.15, 0.2) is 17.3 Å². The van der Waals surface area contributed by atoms with E-state index in [1.165, 1.54) is 5.56 Å². The fourth-order valence-corrected chi connectivity index (χ4v) is 3.40. The van der Waals surface area contributed by atoms with Crippen molar-refractivity contribution in [2.24, 2.45) is 0 Å². The fourth-order valence-electron chi connectivity index (χ4n) is 3.40. The minimum atomic E-state index is 0.241. The molecule has 1 aliphatic rings. The van der Waals surface area contributed by atoms with Crippen LogP contribution in [0.2, 0.25) is 0 Å². The van der Waals surface area contributed by atoms with Gasteiger partial charge < -0.3 is 9.47 Å². The summed E-state index contributed by atoms with van der Waals surface area (Å²) in [7, 11) is 1.64. The maximum absolute atomic E-state index is 12.3. The second-order valence-electron chi connectivity index (χ2n) is 7.30. The zero-order chi connectivity index (χ0) is 19.9. The van der Waals surface area contributed by atoms with E-state index in [1.807, 2.05) is 24.3 Å². The summed E-state index contributed by atoms with van der Waals surface area (Å²) in [6.07, 6.45) is 3.68. The molecule has 2 aromatic rings. The van der Waals surface area contributed by atoms with E-state index in [0.717, 1.165) is 42.8 Å². The molecular weight excluding hydrogens is 350 g/mol. The molecule has 0 saturated carbocycles. The molecule has 148 valence electrons. The van der Waals surface area contributed by atoms with Crippen LogP contribution in [0, 0.1) is 6.92 Å². The van der Waals surface area contributed by atoms with Gasteiger partial charge in [-0.1, -0.05) is 42.8 Å². The quantitative estimate of drug-likeness (QED) is 0.657. The average molecular weight is 380 g/mol. The highest BCUT2D eigenvalue weighted by Crippen LogP contribution is 2.30. The molecule has 28 heavy (non-hydrogen) atoms. The Morgan fingerprint density at radius 1 is 1.11 bits per heavy atom. The number of piperidine rings is 1. The van der Waals surface area contributed by atoms with Crippen LogP contribution in [0.1, 0.15) is 36.5 Å². The third-order valence-corrected chi connectivity index (χ3v) is 4.99. The topological polar surface area (TPSA) is 38.8 Å². The number of hydrogen-bond acceptors (Lipinski definition) is 4. The van der Waals surface area contributed by atoms with Crippen molar-refractivity contribution in [2.45, 2.75) is 33.3 Å². The largest absolute Gasteiger partial charge is 0.493 e. The van der Waals surface area contributed by atoms with Crippen LogP contribution in [0.4, 0.5) is 0 Å². The number of likely N-dealkylation sites (tertiary alicyclic amines) is 1. The molecule has 0 aliphatic carbocycles. The first kappa shape index (κ1) is 20.2. The maximum atomic E-state index is 12.3. The molecule has 0 bridgehead atoms. The van der Waals surface area contributed by atoms with Crippen LogP contribution in [0.15, 0.2) is 48.0 Å². The monoisotopic (exact) mass is 379 g/mol. The van der Waals surface area contributed by atoms with Gasteiger partial charge in [-0.05, 0) is 49.2 Å². The summed E-state index contributed by atoms with van der Waals surface area (Å²) in [4.78, 5) is 14.7. The Hall–Kier alpha value is -2.59. The minimum Gasteiger partial charge on any atom is -0.493 e. The standard InChI is InChI=1S/C24H29NO3/c1-4-12-25-13-11-22(26)21(16-25)14-20-9-10-23(27-3)24(15-20)28-17-19-7-5-18(2)6-8-19/h5-10,14-15H,4,11-13,16-17H2,1-3H3/b21-14+. The van der Waals surface area contributed by atoms with Crippen molar-refractivity contribution in [1.29, 1.82) is 0 Å². The van der Waals surface area contributed by atoms with Gasteiger partial charge in [-0.15, -0.1) is 0 Å². The van der Waals surface area contributed by atoms with Crippen molar-refractivity contribution in [1.82, 2.24) is 4.90 Å². The third-order valence-electron chi connectivity index (χ3n) is 4.99. The summed E-state index contributed by atoms with van der Waals surface area (Å²) in [6, 6.07) is 14.1. The number of Topliss-reactive ketones (excluding diaryl/α,β-unsaturated/α-hetero) is 1. The van der Waals surface area contributed by atoms with Gasteiger partial charge in [0.2, 0.25) is 0 Å². The number of carbonyl (C=O) groups is 1. The highest BCUT2D eigenvalue weighted by Gasteiger charge is 2.20. The van der Waals surface area contributed by atoms with Gasteiger partial charge in [0.1, 0.15) is 6.61 Å². The Morgan fingerprint density at radius 2 is 1.89 bits per heavy atom. The number of methoxy groups -OCH3 is 1. The maximum Gasteiger partial charge on any atom is 0.162 e. The van der Waals surface area contributed by atoms with E-state index in [0.29, 0.717) is 24.5 Å². The van der Waals surface area contributed by atoms with Crippen LogP contribution in [0.25, 0.3) is 6.08 Å². The van der Waals surface area contributed by atoms with Gasteiger partial charge >= 0.3 is 0 Å². The van der Waals surface area contributed by atoms with Crippen LogP contribution >= 0.6 is 0 Å². The average Bonchev–Trinajstić information content (AvgIpc) is 2.70. The number of nitrogens with zero attached hydrogens (tertiary/aromatic N) is 1. The highest BCUT2D eigenvalue weighted by molar-refractivity contribution is 6.00. The first-order chi connectivity index (χ1) is 13.6. The fraction of sp³-hybridized carbons (Fsp3) is 0.375. The summed E-state index contributed by atoms with van der Waals surface area (Å²) in [6.45, 7) is 7.31. The van der Waals surface area contributed by atoms with Gasteiger partial charge in [-0.2, -0.15) is 0 Å². The number of aryl methyl sites for hydroxylation is 1. The van der Waals surface area contributed by atoms with E-state index in [-0.39, 0.29) is 5.78 Å². The second-order valence-corrected chi connectivity index (χ2v) is 7.30. The lowest BCUT2D eigenvalue weighted by Gasteiger charge is -2.27. The number of ketones is 1. The first-order valence-electron chi connectivity index (χ1n) is 9.91. The van der Waals surface area contributed by atoms with Crippen molar-refractivity contribution < 1.29 is 14.3 Å². The molecule has 2 aromatic carbocycles. The molecule has 1 heterocycles. The lowest BCUT2D eigenvalue weighted by atomic mass is 10.00. The van der Waals surface area contributed by atoms with Gasteiger partial charge in [0.25, 0.3) is 0 Å². The van der Waals surface area contributed by atoms with Gasteiger partial charge in [0.05, 0.1) is 7.11 Å². The van der Waals surface area contributed by atoms with E-state index in [2.05, 4.69) is 43.0 Å². The zero-order valence-electron chi connectivity index (χ0n) is 17.0. The second kappa shape index (κ2) is 9.56. The molecule has 0 spiro atoms. The molecule has 1 saturated heterocycles. The van der Waals surface area contributed by atoms with Gasteiger partial charge in [-0.3, -0.25) is 9.69 Å². The SMILES string of the molecule is CCCN1CCC(=O)/C(=C/c2ccc(OC)c(OCc3ccc(C)cc3)c2)C1. The van der Waals surface area contributed by atoms with Crippen LogP contribution < -0.4 is 9.47 Å². The highest BCUT2D eigenvalue weighted by atomic mass is 16.5.